The molecule has 0 aliphatic carbocycles. The predicted molar refractivity (Wildman–Crippen MR) is 64.7 cm³/mol. The van der Waals surface area contributed by atoms with Crippen LogP contribution < -0.4 is 0 Å². The predicted octanol–water partition coefficient (Wildman–Crippen LogP) is 2.40. The van der Waals surface area contributed by atoms with Crippen molar-refractivity contribution in [2.24, 2.45) is 0 Å². The number of aryl methyl sites for hydroxylation is 1. The standard InChI is InChI=1S/C11H15F2N3O4/c1-11(2,3)20-10(17)7-6-15(5-4-8(12)13)14-9(7)16(18)19/h6,8H,4-5H2,1-3H3. The van der Waals surface area contributed by atoms with E-state index in [1.807, 2.05) is 0 Å². The number of alkyl halides is 2. The van der Waals surface area contributed by atoms with Crippen LogP contribution >= 0.6 is 0 Å². The maximum Gasteiger partial charge on any atom is 0.404 e. The van der Waals surface area contributed by atoms with Gasteiger partial charge in [0.2, 0.25) is 6.43 Å². The molecule has 0 fully saturated rings. The maximum absolute atomic E-state index is 12.1. The molecule has 0 saturated heterocycles. The second-order valence-electron chi connectivity index (χ2n) is 5.07. The number of halogens is 2. The van der Waals surface area contributed by atoms with E-state index in [9.17, 15) is 23.7 Å². The fourth-order valence-corrected chi connectivity index (χ4v) is 1.37. The monoisotopic (exact) mass is 291 g/mol. The molecule has 0 atom stereocenters. The average Bonchev–Trinajstić information content (AvgIpc) is 2.68. The molecule has 0 spiro atoms. The van der Waals surface area contributed by atoms with E-state index < -0.39 is 35.2 Å². The molecule has 7 nitrogen and oxygen atoms in total. The average molecular weight is 291 g/mol. The second kappa shape index (κ2) is 5.93. The zero-order valence-corrected chi connectivity index (χ0v) is 11.3. The lowest BCUT2D eigenvalue weighted by molar-refractivity contribution is -0.390. The molecular formula is C11H15F2N3O4. The van der Waals surface area contributed by atoms with Gasteiger partial charge in [0.15, 0.2) is 5.56 Å². The molecule has 0 bridgehead atoms. The van der Waals surface area contributed by atoms with Crippen molar-refractivity contribution in [2.45, 2.75) is 45.8 Å². The normalized spacial score (nSPS) is 11.7. The lowest BCUT2D eigenvalue weighted by atomic mass is 10.2. The third kappa shape index (κ3) is 4.56. The summed E-state index contributed by atoms with van der Waals surface area (Å²) in [4.78, 5) is 21.8. The summed E-state index contributed by atoms with van der Waals surface area (Å²) in [7, 11) is 0. The van der Waals surface area contributed by atoms with Gasteiger partial charge in [-0.15, -0.1) is 0 Å². The first-order valence-electron chi connectivity index (χ1n) is 5.83. The summed E-state index contributed by atoms with van der Waals surface area (Å²) in [6, 6.07) is 0. The van der Waals surface area contributed by atoms with Crippen LogP contribution in [0.25, 0.3) is 0 Å². The van der Waals surface area contributed by atoms with Crippen LogP contribution in [0.3, 0.4) is 0 Å². The van der Waals surface area contributed by atoms with Crippen molar-refractivity contribution in [3.63, 3.8) is 0 Å². The Morgan fingerprint density at radius 1 is 1.55 bits per heavy atom. The van der Waals surface area contributed by atoms with Gasteiger partial charge in [-0.05, 0) is 25.7 Å². The lowest BCUT2D eigenvalue weighted by Crippen LogP contribution is -2.24. The van der Waals surface area contributed by atoms with Crippen molar-refractivity contribution in [2.75, 3.05) is 0 Å². The molecule has 1 rings (SSSR count). The molecule has 0 aliphatic heterocycles. The number of nitrogens with zero attached hydrogens (tertiary/aromatic N) is 3. The second-order valence-corrected chi connectivity index (χ2v) is 5.07. The van der Waals surface area contributed by atoms with E-state index in [2.05, 4.69) is 5.10 Å². The third-order valence-electron chi connectivity index (χ3n) is 2.11. The topological polar surface area (TPSA) is 87.3 Å². The fourth-order valence-electron chi connectivity index (χ4n) is 1.37. The molecule has 9 heteroatoms. The zero-order chi connectivity index (χ0) is 15.5. The van der Waals surface area contributed by atoms with Crippen molar-refractivity contribution < 1.29 is 23.2 Å². The summed E-state index contributed by atoms with van der Waals surface area (Å²) in [5.41, 5.74) is -1.17. The Kier molecular flexibility index (Phi) is 4.74. The van der Waals surface area contributed by atoms with E-state index in [0.717, 1.165) is 10.9 Å². The Hall–Kier alpha value is -2.06. The SMILES string of the molecule is CC(C)(C)OC(=O)c1cn(CCC(F)F)nc1[N+](=O)[O-]. The molecule has 0 N–H and O–H groups in total. The number of carbonyl (C=O) groups excluding carboxylic acids is 1. The molecule has 1 aromatic heterocycles. The first kappa shape index (κ1) is 16.0. The quantitative estimate of drug-likeness (QED) is 0.472. The molecule has 0 aliphatic rings. The van der Waals surface area contributed by atoms with Gasteiger partial charge in [0.25, 0.3) is 0 Å². The lowest BCUT2D eigenvalue weighted by Gasteiger charge is -2.18. The summed E-state index contributed by atoms with van der Waals surface area (Å²) in [6.07, 6.45) is -2.01. The molecule has 0 unspecified atom stereocenters. The van der Waals surface area contributed by atoms with Gasteiger partial charge in [0, 0.05) is 6.42 Å². The van der Waals surface area contributed by atoms with Crippen LogP contribution in [0.2, 0.25) is 0 Å². The van der Waals surface area contributed by atoms with Crippen molar-refractivity contribution >= 4 is 11.8 Å². The van der Waals surface area contributed by atoms with E-state index in [1.165, 1.54) is 0 Å². The van der Waals surface area contributed by atoms with Crippen LogP contribution in [-0.4, -0.2) is 32.7 Å². The minimum absolute atomic E-state index is 0.221. The summed E-state index contributed by atoms with van der Waals surface area (Å²) in [6.45, 7) is 4.61. The highest BCUT2D eigenvalue weighted by molar-refractivity contribution is 5.93. The molecule has 1 aromatic rings. The van der Waals surface area contributed by atoms with Gasteiger partial charge < -0.3 is 14.9 Å². The van der Waals surface area contributed by atoms with Gasteiger partial charge in [0.05, 0.1) is 17.8 Å². The Bertz CT molecular complexity index is 508. The molecule has 1 heterocycles. The van der Waals surface area contributed by atoms with Crippen LogP contribution in [0, 0.1) is 10.1 Å². The minimum Gasteiger partial charge on any atom is -0.456 e. The highest BCUT2D eigenvalue weighted by Gasteiger charge is 2.30. The largest absolute Gasteiger partial charge is 0.456 e. The van der Waals surface area contributed by atoms with E-state index in [0.29, 0.717) is 0 Å². The highest BCUT2D eigenvalue weighted by atomic mass is 19.3. The number of nitro groups is 1. The van der Waals surface area contributed by atoms with Crippen LogP contribution in [0.5, 0.6) is 0 Å². The van der Waals surface area contributed by atoms with E-state index in [-0.39, 0.29) is 12.1 Å². The first-order valence-corrected chi connectivity index (χ1v) is 5.83. The van der Waals surface area contributed by atoms with Crippen LogP contribution in [-0.2, 0) is 11.3 Å². The van der Waals surface area contributed by atoms with Crippen LogP contribution in [0.4, 0.5) is 14.6 Å². The van der Waals surface area contributed by atoms with Gasteiger partial charge >= 0.3 is 11.8 Å². The smallest absolute Gasteiger partial charge is 0.404 e. The van der Waals surface area contributed by atoms with Crippen LogP contribution in [0.1, 0.15) is 37.6 Å². The van der Waals surface area contributed by atoms with Crippen molar-refractivity contribution in [3.8, 4) is 0 Å². The van der Waals surface area contributed by atoms with Gasteiger partial charge in [-0.1, -0.05) is 0 Å². The molecular weight excluding hydrogens is 276 g/mol. The summed E-state index contributed by atoms with van der Waals surface area (Å²) < 4.78 is 30.2. The molecule has 112 valence electrons. The summed E-state index contributed by atoms with van der Waals surface area (Å²) in [5, 5.41) is 14.3. The number of rotatable bonds is 5. The Morgan fingerprint density at radius 3 is 2.60 bits per heavy atom. The zero-order valence-electron chi connectivity index (χ0n) is 11.3. The minimum atomic E-state index is -2.55. The number of hydrogen-bond donors (Lipinski definition) is 0. The number of hydrogen-bond acceptors (Lipinski definition) is 5. The van der Waals surface area contributed by atoms with Crippen molar-refractivity contribution in [1.29, 1.82) is 0 Å². The number of aromatic nitrogens is 2. The van der Waals surface area contributed by atoms with Crippen molar-refractivity contribution in [1.82, 2.24) is 9.78 Å². The molecule has 0 aromatic carbocycles. The number of ether oxygens (including phenoxy) is 1. The Labute approximate surface area is 113 Å². The van der Waals surface area contributed by atoms with Crippen molar-refractivity contribution in [3.05, 3.63) is 21.9 Å². The van der Waals surface area contributed by atoms with Gasteiger partial charge in [-0.25, -0.2) is 13.6 Å². The summed E-state index contributed by atoms with van der Waals surface area (Å²) in [5.74, 6) is -1.61. The van der Waals surface area contributed by atoms with E-state index in [4.69, 9.17) is 4.74 Å². The fraction of sp³-hybridized carbons (Fsp3) is 0.636. The third-order valence-corrected chi connectivity index (χ3v) is 2.11. The Morgan fingerprint density at radius 2 is 2.15 bits per heavy atom. The summed E-state index contributed by atoms with van der Waals surface area (Å²) >= 11 is 0. The van der Waals surface area contributed by atoms with Crippen LogP contribution in [0.15, 0.2) is 6.20 Å². The van der Waals surface area contributed by atoms with Gasteiger partial charge in [-0.3, -0.25) is 0 Å². The first-order chi connectivity index (χ1) is 9.10. The Balaban J connectivity index is 2.99. The maximum atomic E-state index is 12.1. The van der Waals surface area contributed by atoms with Gasteiger partial charge in [-0.2, -0.15) is 4.68 Å². The number of esters is 1. The highest BCUT2D eigenvalue weighted by Crippen LogP contribution is 2.20. The van der Waals surface area contributed by atoms with E-state index >= 15 is 0 Å². The molecule has 0 radical (unpaired) electrons. The molecule has 20 heavy (non-hydrogen) atoms. The molecule has 0 amide bonds. The number of carbonyl (C=O) groups is 1. The molecule has 0 saturated carbocycles. The van der Waals surface area contributed by atoms with E-state index in [1.54, 1.807) is 20.8 Å². The van der Waals surface area contributed by atoms with Gasteiger partial charge in [0.1, 0.15) is 5.60 Å².